The van der Waals surface area contributed by atoms with E-state index in [2.05, 4.69) is 4.98 Å². The summed E-state index contributed by atoms with van der Waals surface area (Å²) in [7, 11) is 0. The molecule has 3 rings (SSSR count). The number of amides is 1. The van der Waals surface area contributed by atoms with Crippen molar-refractivity contribution in [1.82, 2.24) is 9.88 Å². The number of nitrogens with one attached hydrogen (secondary N) is 1. The smallest absolute Gasteiger partial charge is 0.355 e. The summed E-state index contributed by atoms with van der Waals surface area (Å²) in [5.74, 6) is -2.42. The highest BCUT2D eigenvalue weighted by molar-refractivity contribution is 6.02. The summed E-state index contributed by atoms with van der Waals surface area (Å²) >= 11 is 0. The number of halogens is 1. The minimum Gasteiger partial charge on any atom is -0.502 e. The lowest BCUT2D eigenvalue weighted by atomic mass is 9.96. The van der Waals surface area contributed by atoms with E-state index < -0.39 is 23.2 Å². The molecule has 1 aromatic carbocycles. The lowest BCUT2D eigenvalue weighted by Crippen LogP contribution is -2.39. The van der Waals surface area contributed by atoms with Crippen molar-refractivity contribution >= 4 is 11.9 Å². The molecule has 26 heavy (non-hydrogen) atoms. The monoisotopic (exact) mass is 360 g/mol. The molecule has 2 N–H and O–H groups in total. The molecule has 1 aliphatic heterocycles. The first kappa shape index (κ1) is 17.7. The van der Waals surface area contributed by atoms with E-state index in [4.69, 9.17) is 4.74 Å². The van der Waals surface area contributed by atoms with Crippen molar-refractivity contribution in [2.45, 2.75) is 19.9 Å². The minimum absolute atomic E-state index is 0.112. The number of hydrogen-bond acceptors (Lipinski definition) is 5. The number of esters is 1. The minimum atomic E-state index is -0.927. The van der Waals surface area contributed by atoms with Gasteiger partial charge in [0.05, 0.1) is 12.2 Å². The van der Waals surface area contributed by atoms with Crippen LogP contribution in [0.3, 0.4) is 0 Å². The molecule has 2 aromatic rings. The van der Waals surface area contributed by atoms with Crippen LogP contribution in [0, 0.1) is 5.82 Å². The number of nitrogens with zero attached hydrogens (tertiary/aromatic N) is 1. The van der Waals surface area contributed by atoms with E-state index in [1.54, 1.807) is 19.1 Å². The maximum atomic E-state index is 13.0. The van der Waals surface area contributed by atoms with E-state index in [-0.39, 0.29) is 48.8 Å². The van der Waals surface area contributed by atoms with E-state index >= 15 is 0 Å². The molecule has 0 saturated heterocycles. The number of benzene rings is 1. The first-order valence-electron chi connectivity index (χ1n) is 8.11. The third-order valence-corrected chi connectivity index (χ3v) is 4.19. The fraction of sp³-hybridized carbons (Fsp3) is 0.278. The van der Waals surface area contributed by atoms with Crippen LogP contribution in [0.5, 0.6) is 5.75 Å². The van der Waals surface area contributed by atoms with Gasteiger partial charge in [-0.25, -0.2) is 9.18 Å². The molecule has 7 nitrogen and oxygen atoms in total. The fourth-order valence-corrected chi connectivity index (χ4v) is 2.95. The molecular weight excluding hydrogens is 343 g/mol. The second-order valence-electron chi connectivity index (χ2n) is 5.85. The molecule has 1 amide bonds. The standard InChI is InChI=1S/C18H17FN2O5/c1-2-26-18(25)14-12-7-8-21(9-10-3-5-11(19)6-4-10)17(24)13(12)15(22)16(23)20-14/h3-6,22H,2,7-9H2,1H3,(H,20,23). The number of aromatic amines is 1. The second kappa shape index (κ2) is 6.99. The lowest BCUT2D eigenvalue weighted by Gasteiger charge is -2.29. The second-order valence-corrected chi connectivity index (χ2v) is 5.85. The van der Waals surface area contributed by atoms with Gasteiger partial charge >= 0.3 is 5.97 Å². The molecule has 1 aliphatic rings. The summed E-state index contributed by atoms with van der Waals surface area (Å²) in [5, 5.41) is 10.1. The Bertz CT molecular complexity index is 920. The molecule has 2 heterocycles. The molecular formula is C18H17FN2O5. The summed E-state index contributed by atoms with van der Waals surface area (Å²) in [6.45, 7) is 2.21. The zero-order valence-electron chi connectivity index (χ0n) is 14.0. The molecule has 0 atom stereocenters. The Hall–Kier alpha value is -3.16. The largest absolute Gasteiger partial charge is 0.502 e. The number of aromatic nitrogens is 1. The highest BCUT2D eigenvalue weighted by atomic mass is 19.1. The van der Waals surface area contributed by atoms with Crippen LogP contribution in [-0.4, -0.2) is 40.0 Å². The van der Waals surface area contributed by atoms with E-state index in [0.717, 1.165) is 0 Å². The maximum absolute atomic E-state index is 13.0. The van der Waals surface area contributed by atoms with Crippen molar-refractivity contribution in [3.8, 4) is 5.75 Å². The number of H-pyrrole nitrogens is 1. The van der Waals surface area contributed by atoms with Gasteiger partial charge < -0.3 is 19.7 Å². The number of fused-ring (bicyclic) bond motifs is 1. The summed E-state index contributed by atoms with van der Waals surface area (Å²) in [5.41, 5.74) is -0.257. The molecule has 8 heteroatoms. The number of carbonyl (C=O) groups is 2. The zero-order valence-corrected chi connectivity index (χ0v) is 14.0. The predicted octanol–water partition coefficient (Wildman–Crippen LogP) is 1.59. The van der Waals surface area contributed by atoms with Gasteiger partial charge in [0.15, 0.2) is 5.75 Å². The normalized spacial score (nSPS) is 13.5. The number of rotatable bonds is 4. The Morgan fingerprint density at radius 3 is 2.65 bits per heavy atom. The van der Waals surface area contributed by atoms with E-state index in [9.17, 15) is 23.9 Å². The number of hydrogen-bond donors (Lipinski definition) is 2. The van der Waals surface area contributed by atoms with Gasteiger partial charge in [-0.2, -0.15) is 0 Å². The van der Waals surface area contributed by atoms with Gasteiger partial charge in [-0.15, -0.1) is 0 Å². The first-order valence-corrected chi connectivity index (χ1v) is 8.11. The number of pyridine rings is 1. The van der Waals surface area contributed by atoms with Gasteiger partial charge in [-0.1, -0.05) is 12.1 Å². The van der Waals surface area contributed by atoms with Crippen molar-refractivity contribution in [3.05, 3.63) is 62.8 Å². The van der Waals surface area contributed by atoms with Gasteiger partial charge in [0.1, 0.15) is 11.5 Å². The average Bonchev–Trinajstić information content (AvgIpc) is 2.62. The molecule has 0 fully saturated rings. The van der Waals surface area contributed by atoms with Crippen molar-refractivity contribution in [3.63, 3.8) is 0 Å². The summed E-state index contributed by atoms with van der Waals surface area (Å²) in [6, 6.07) is 5.69. The average molecular weight is 360 g/mol. The Labute approximate surface area is 148 Å². The number of aromatic hydroxyl groups is 1. The maximum Gasteiger partial charge on any atom is 0.355 e. The van der Waals surface area contributed by atoms with Crippen molar-refractivity contribution in [2.24, 2.45) is 0 Å². The predicted molar refractivity (Wildman–Crippen MR) is 89.5 cm³/mol. The SMILES string of the molecule is CCOC(=O)c1[nH]c(=O)c(O)c2c1CCN(Cc1ccc(F)cc1)C2=O. The zero-order chi connectivity index (χ0) is 18.8. The van der Waals surface area contributed by atoms with Crippen LogP contribution in [0.2, 0.25) is 0 Å². The van der Waals surface area contributed by atoms with Crippen LogP contribution >= 0.6 is 0 Å². The third-order valence-electron chi connectivity index (χ3n) is 4.19. The highest BCUT2D eigenvalue weighted by Gasteiger charge is 2.33. The lowest BCUT2D eigenvalue weighted by molar-refractivity contribution is 0.0516. The van der Waals surface area contributed by atoms with Crippen molar-refractivity contribution in [1.29, 1.82) is 0 Å². The molecule has 0 bridgehead atoms. The number of ether oxygens (including phenoxy) is 1. The Kier molecular flexibility index (Phi) is 4.75. The Morgan fingerprint density at radius 2 is 2.00 bits per heavy atom. The van der Waals surface area contributed by atoms with Gasteiger partial charge in [0.25, 0.3) is 11.5 Å². The highest BCUT2D eigenvalue weighted by Crippen LogP contribution is 2.27. The number of carbonyl (C=O) groups excluding carboxylic acids is 2. The van der Waals surface area contributed by atoms with E-state index in [1.807, 2.05) is 0 Å². The molecule has 136 valence electrons. The molecule has 1 aromatic heterocycles. The quantitative estimate of drug-likeness (QED) is 0.807. The van der Waals surface area contributed by atoms with Crippen LogP contribution in [0.1, 0.15) is 38.9 Å². The molecule has 0 saturated carbocycles. The van der Waals surface area contributed by atoms with Gasteiger partial charge in [-0.05, 0) is 31.0 Å². The van der Waals surface area contributed by atoms with Gasteiger partial charge in [0.2, 0.25) is 0 Å². The summed E-state index contributed by atoms with van der Waals surface area (Å²) in [6.07, 6.45) is 0.265. The van der Waals surface area contributed by atoms with Crippen molar-refractivity contribution < 1.29 is 23.8 Å². The van der Waals surface area contributed by atoms with Crippen LogP contribution in [-0.2, 0) is 17.7 Å². The third kappa shape index (κ3) is 3.17. The molecule has 0 aliphatic carbocycles. The summed E-state index contributed by atoms with van der Waals surface area (Å²) < 4.78 is 17.9. The van der Waals surface area contributed by atoms with Crippen LogP contribution in [0.15, 0.2) is 29.1 Å². The molecule has 0 unspecified atom stereocenters. The van der Waals surface area contributed by atoms with Gasteiger partial charge in [-0.3, -0.25) is 9.59 Å². The van der Waals surface area contributed by atoms with Crippen LogP contribution < -0.4 is 5.56 Å². The van der Waals surface area contributed by atoms with E-state index in [0.29, 0.717) is 5.56 Å². The van der Waals surface area contributed by atoms with Crippen LogP contribution in [0.25, 0.3) is 0 Å². The first-order chi connectivity index (χ1) is 12.4. The fourth-order valence-electron chi connectivity index (χ4n) is 2.95. The van der Waals surface area contributed by atoms with E-state index in [1.165, 1.54) is 17.0 Å². The molecule has 0 radical (unpaired) electrons. The van der Waals surface area contributed by atoms with Crippen molar-refractivity contribution in [2.75, 3.05) is 13.2 Å². The molecule has 0 spiro atoms. The Morgan fingerprint density at radius 1 is 1.31 bits per heavy atom. The van der Waals surface area contributed by atoms with Crippen LogP contribution in [0.4, 0.5) is 4.39 Å². The van der Waals surface area contributed by atoms with Gasteiger partial charge in [0, 0.05) is 18.7 Å². The Balaban J connectivity index is 1.97. The topological polar surface area (TPSA) is 99.7 Å². The summed E-state index contributed by atoms with van der Waals surface area (Å²) in [4.78, 5) is 40.5.